The summed E-state index contributed by atoms with van der Waals surface area (Å²) < 4.78 is 0. The number of hydrogen-bond acceptors (Lipinski definition) is 0. The zero-order chi connectivity index (χ0) is 16.2. The molecular weight excluding hydrogens is 276 g/mol. The van der Waals surface area contributed by atoms with E-state index >= 15 is 0 Å². The Labute approximate surface area is 145 Å². The SMILES string of the molecule is CC1C2CCCC3CCCC(C32)C1(C)C(C)(C)C1CCCCC1. The highest BCUT2D eigenvalue weighted by Gasteiger charge is 2.64. The molecule has 0 heterocycles. The van der Waals surface area contributed by atoms with Gasteiger partial charge in [-0.25, -0.2) is 0 Å². The normalized spacial score (nSPS) is 48.3. The molecule has 0 saturated heterocycles. The largest absolute Gasteiger partial charge is 0.0617 e. The van der Waals surface area contributed by atoms with E-state index in [2.05, 4.69) is 27.7 Å². The monoisotopic (exact) mass is 316 g/mol. The maximum Gasteiger partial charge on any atom is -0.0212 e. The molecule has 0 aliphatic heterocycles. The van der Waals surface area contributed by atoms with Crippen LogP contribution in [0.2, 0.25) is 0 Å². The minimum atomic E-state index is 0.538. The lowest BCUT2D eigenvalue weighted by Crippen LogP contribution is -2.49. The van der Waals surface area contributed by atoms with Crippen LogP contribution in [0, 0.1) is 46.3 Å². The molecule has 4 aliphatic carbocycles. The second-order valence-electron chi connectivity index (χ2n) is 10.6. The van der Waals surface area contributed by atoms with Crippen molar-refractivity contribution in [3.05, 3.63) is 0 Å². The third kappa shape index (κ3) is 2.22. The molecule has 4 rings (SSSR count). The fraction of sp³-hybridized carbons (Fsp3) is 1.00. The summed E-state index contributed by atoms with van der Waals surface area (Å²) in [7, 11) is 0. The summed E-state index contributed by atoms with van der Waals surface area (Å²) in [4.78, 5) is 0. The van der Waals surface area contributed by atoms with E-state index in [1.807, 2.05) is 0 Å². The van der Waals surface area contributed by atoms with E-state index in [1.165, 1.54) is 44.9 Å². The zero-order valence-electron chi connectivity index (χ0n) is 16.2. The van der Waals surface area contributed by atoms with Gasteiger partial charge in [-0.15, -0.1) is 0 Å². The van der Waals surface area contributed by atoms with Gasteiger partial charge in [0.05, 0.1) is 0 Å². The summed E-state index contributed by atoms with van der Waals surface area (Å²) in [5, 5.41) is 0. The van der Waals surface area contributed by atoms with Crippen LogP contribution >= 0.6 is 0 Å². The molecule has 4 fully saturated rings. The molecule has 0 amide bonds. The van der Waals surface area contributed by atoms with Crippen molar-refractivity contribution in [3.63, 3.8) is 0 Å². The van der Waals surface area contributed by atoms with Crippen LogP contribution in [0.1, 0.15) is 98.3 Å². The van der Waals surface area contributed by atoms with Crippen LogP contribution in [0.15, 0.2) is 0 Å². The summed E-state index contributed by atoms with van der Waals surface area (Å²) in [6.45, 7) is 10.8. The third-order valence-electron chi connectivity index (χ3n) is 10.1. The van der Waals surface area contributed by atoms with Crippen LogP contribution in [0.25, 0.3) is 0 Å². The molecule has 0 aromatic carbocycles. The second-order valence-corrected chi connectivity index (χ2v) is 10.6. The first-order valence-electron chi connectivity index (χ1n) is 11.0. The van der Waals surface area contributed by atoms with Crippen molar-refractivity contribution in [1.82, 2.24) is 0 Å². The first kappa shape index (κ1) is 16.5. The van der Waals surface area contributed by atoms with Crippen molar-refractivity contribution in [2.75, 3.05) is 0 Å². The number of rotatable bonds is 2. The predicted molar refractivity (Wildman–Crippen MR) is 99.3 cm³/mol. The number of hydrogen-bond donors (Lipinski definition) is 0. The lowest BCUT2D eigenvalue weighted by Gasteiger charge is -2.55. The van der Waals surface area contributed by atoms with Crippen molar-refractivity contribution < 1.29 is 0 Å². The molecule has 4 saturated carbocycles. The van der Waals surface area contributed by atoms with Crippen LogP contribution in [-0.4, -0.2) is 0 Å². The van der Waals surface area contributed by atoms with E-state index in [1.54, 1.807) is 25.7 Å². The topological polar surface area (TPSA) is 0 Å². The Kier molecular flexibility index (Phi) is 4.13. The van der Waals surface area contributed by atoms with Crippen LogP contribution in [0.4, 0.5) is 0 Å². The van der Waals surface area contributed by atoms with Gasteiger partial charge in [0.15, 0.2) is 0 Å². The van der Waals surface area contributed by atoms with Crippen molar-refractivity contribution >= 4 is 0 Å². The average Bonchev–Trinajstić information content (AvgIpc) is 2.81. The zero-order valence-corrected chi connectivity index (χ0v) is 16.2. The quantitative estimate of drug-likeness (QED) is 0.510. The van der Waals surface area contributed by atoms with E-state index in [-0.39, 0.29) is 0 Å². The molecule has 0 spiro atoms. The second kappa shape index (κ2) is 5.77. The Hall–Kier alpha value is 0. The average molecular weight is 317 g/mol. The van der Waals surface area contributed by atoms with Gasteiger partial charge in [0.25, 0.3) is 0 Å². The highest BCUT2D eigenvalue weighted by atomic mass is 14.7. The Morgan fingerprint density at radius 3 is 2.13 bits per heavy atom. The Bertz CT molecular complexity index is 427. The van der Waals surface area contributed by atoms with Gasteiger partial charge in [0, 0.05) is 0 Å². The van der Waals surface area contributed by atoms with Crippen molar-refractivity contribution in [2.45, 2.75) is 98.3 Å². The molecule has 0 bridgehead atoms. The maximum atomic E-state index is 2.76. The van der Waals surface area contributed by atoms with E-state index in [0.717, 1.165) is 35.5 Å². The van der Waals surface area contributed by atoms with Crippen molar-refractivity contribution in [3.8, 4) is 0 Å². The molecule has 0 radical (unpaired) electrons. The van der Waals surface area contributed by atoms with Gasteiger partial charge in [0.2, 0.25) is 0 Å². The molecule has 23 heavy (non-hydrogen) atoms. The first-order chi connectivity index (χ1) is 11.0. The maximum absolute atomic E-state index is 2.76. The molecule has 0 aromatic heterocycles. The molecule has 0 nitrogen and oxygen atoms in total. The summed E-state index contributed by atoms with van der Waals surface area (Å²) in [6.07, 6.45) is 16.8. The summed E-state index contributed by atoms with van der Waals surface area (Å²) >= 11 is 0. The van der Waals surface area contributed by atoms with E-state index in [4.69, 9.17) is 0 Å². The highest BCUT2D eigenvalue weighted by Crippen LogP contribution is 2.71. The lowest BCUT2D eigenvalue weighted by molar-refractivity contribution is -0.0690. The van der Waals surface area contributed by atoms with E-state index in [9.17, 15) is 0 Å². The van der Waals surface area contributed by atoms with Gasteiger partial charge in [0.1, 0.15) is 0 Å². The van der Waals surface area contributed by atoms with Gasteiger partial charge in [-0.2, -0.15) is 0 Å². The fourth-order valence-electron chi connectivity index (χ4n) is 8.50. The van der Waals surface area contributed by atoms with Gasteiger partial charge < -0.3 is 0 Å². The fourth-order valence-corrected chi connectivity index (χ4v) is 8.50. The summed E-state index contributed by atoms with van der Waals surface area (Å²) in [5.41, 5.74) is 1.13. The molecule has 0 heteroatoms. The summed E-state index contributed by atoms with van der Waals surface area (Å²) in [6, 6.07) is 0. The molecule has 6 unspecified atom stereocenters. The van der Waals surface area contributed by atoms with E-state index < -0.39 is 0 Å². The smallest absolute Gasteiger partial charge is 0.0212 e. The molecule has 132 valence electrons. The lowest BCUT2D eigenvalue weighted by atomic mass is 9.49. The molecule has 0 N–H and O–H groups in total. The minimum absolute atomic E-state index is 0.538. The molecule has 6 atom stereocenters. The Balaban J connectivity index is 1.70. The molecule has 0 aromatic rings. The molecule has 4 aliphatic rings. The highest BCUT2D eigenvalue weighted by molar-refractivity contribution is 5.12. The third-order valence-corrected chi connectivity index (χ3v) is 10.1. The van der Waals surface area contributed by atoms with Crippen LogP contribution in [0.3, 0.4) is 0 Å². The summed E-state index contributed by atoms with van der Waals surface area (Å²) in [5.74, 6) is 6.24. The van der Waals surface area contributed by atoms with Crippen LogP contribution in [0.5, 0.6) is 0 Å². The van der Waals surface area contributed by atoms with Crippen LogP contribution < -0.4 is 0 Å². The van der Waals surface area contributed by atoms with Gasteiger partial charge >= 0.3 is 0 Å². The van der Waals surface area contributed by atoms with Crippen molar-refractivity contribution in [1.29, 1.82) is 0 Å². The first-order valence-corrected chi connectivity index (χ1v) is 11.0. The van der Waals surface area contributed by atoms with Gasteiger partial charge in [-0.3, -0.25) is 0 Å². The standard InChI is InChI=1S/C23H40/c1-16-19-14-8-10-17-11-9-15-20(21(17)19)23(16,4)22(2,3)18-12-6-5-7-13-18/h16-21H,5-15H2,1-4H3. The van der Waals surface area contributed by atoms with Crippen molar-refractivity contribution in [2.24, 2.45) is 46.3 Å². The molecular formula is C23H40. The van der Waals surface area contributed by atoms with Crippen LogP contribution in [-0.2, 0) is 0 Å². The Morgan fingerprint density at radius 1 is 0.783 bits per heavy atom. The predicted octanol–water partition coefficient (Wildman–Crippen LogP) is 7.08. The minimum Gasteiger partial charge on any atom is -0.0617 e. The van der Waals surface area contributed by atoms with Gasteiger partial charge in [-0.05, 0) is 72.0 Å². The van der Waals surface area contributed by atoms with Gasteiger partial charge in [-0.1, -0.05) is 72.6 Å². The van der Waals surface area contributed by atoms with E-state index in [0.29, 0.717) is 10.8 Å². The Morgan fingerprint density at radius 2 is 1.43 bits per heavy atom.